The van der Waals surface area contributed by atoms with E-state index in [0.29, 0.717) is 11.4 Å². The first-order chi connectivity index (χ1) is 13.0. The minimum Gasteiger partial charge on any atom is -0.343 e. The van der Waals surface area contributed by atoms with E-state index in [-0.39, 0.29) is 5.41 Å². The Bertz CT molecular complexity index is 959. The van der Waals surface area contributed by atoms with Crippen molar-refractivity contribution in [1.82, 2.24) is 5.32 Å². The molecule has 0 aliphatic carbocycles. The number of rotatable bonds is 3. The van der Waals surface area contributed by atoms with Crippen molar-refractivity contribution in [2.75, 3.05) is 24.7 Å². The largest absolute Gasteiger partial charge is 0.343 e. The normalized spacial score (nSPS) is 20.3. The average Bonchev–Trinajstić information content (AvgIpc) is 2.66. The SMILES string of the molecule is CS(=O)(=O)c1ccc(CN=C2Nc3ccccc3CC23CCNCC3)cc1. The molecule has 0 amide bonds. The molecule has 0 bridgehead atoms. The summed E-state index contributed by atoms with van der Waals surface area (Å²) in [6.45, 7) is 2.56. The van der Waals surface area contributed by atoms with Crippen molar-refractivity contribution < 1.29 is 8.42 Å². The first-order valence-electron chi connectivity index (χ1n) is 9.36. The quantitative estimate of drug-likeness (QED) is 0.855. The van der Waals surface area contributed by atoms with Crippen LogP contribution in [0.25, 0.3) is 0 Å². The Labute approximate surface area is 160 Å². The summed E-state index contributed by atoms with van der Waals surface area (Å²) in [5.74, 6) is 1.06. The molecule has 1 fully saturated rings. The number of nitrogens with one attached hydrogen (secondary N) is 2. The number of benzene rings is 2. The number of hydrogen-bond donors (Lipinski definition) is 2. The lowest BCUT2D eigenvalue weighted by molar-refractivity contribution is 0.293. The third-order valence-electron chi connectivity index (χ3n) is 5.63. The molecular formula is C21H25N3O2S. The molecule has 6 heteroatoms. The number of amidine groups is 1. The summed E-state index contributed by atoms with van der Waals surface area (Å²) >= 11 is 0. The average molecular weight is 384 g/mol. The second-order valence-corrected chi connectivity index (χ2v) is 9.59. The van der Waals surface area contributed by atoms with E-state index < -0.39 is 9.84 Å². The third-order valence-corrected chi connectivity index (χ3v) is 6.76. The maximum absolute atomic E-state index is 11.6. The lowest BCUT2D eigenvalue weighted by Crippen LogP contribution is -2.48. The van der Waals surface area contributed by atoms with Gasteiger partial charge in [-0.3, -0.25) is 4.99 Å². The molecule has 2 aromatic carbocycles. The molecular weight excluding hydrogens is 358 g/mol. The molecule has 1 saturated heterocycles. The highest BCUT2D eigenvalue weighted by atomic mass is 32.2. The molecule has 1 spiro atoms. The topological polar surface area (TPSA) is 70.6 Å². The maximum atomic E-state index is 11.6. The second kappa shape index (κ2) is 7.09. The van der Waals surface area contributed by atoms with Gasteiger partial charge in [-0.1, -0.05) is 30.3 Å². The highest BCUT2D eigenvalue weighted by Crippen LogP contribution is 2.40. The Morgan fingerprint density at radius 3 is 2.44 bits per heavy atom. The Morgan fingerprint density at radius 1 is 1.04 bits per heavy atom. The number of sulfone groups is 1. The fraction of sp³-hybridized carbons (Fsp3) is 0.381. The summed E-state index contributed by atoms with van der Waals surface area (Å²) < 4.78 is 23.3. The summed E-state index contributed by atoms with van der Waals surface area (Å²) in [4.78, 5) is 5.30. The van der Waals surface area contributed by atoms with Crippen LogP contribution in [0.15, 0.2) is 58.4 Å². The highest BCUT2D eigenvalue weighted by molar-refractivity contribution is 7.90. The van der Waals surface area contributed by atoms with Gasteiger partial charge < -0.3 is 10.6 Å². The zero-order valence-corrected chi connectivity index (χ0v) is 16.3. The highest BCUT2D eigenvalue weighted by Gasteiger charge is 2.40. The molecule has 5 nitrogen and oxygen atoms in total. The molecule has 2 aromatic rings. The standard InChI is InChI=1S/C21H25N3O2S/c1-27(25,26)18-8-6-16(7-9-18)15-23-20-21(10-12-22-13-11-21)14-17-4-2-3-5-19(17)24-20/h2-9,22H,10-15H2,1H3,(H,23,24). The summed E-state index contributed by atoms with van der Waals surface area (Å²) in [6, 6.07) is 15.5. The minimum absolute atomic E-state index is 0.0618. The summed E-state index contributed by atoms with van der Waals surface area (Å²) in [6.07, 6.45) is 4.39. The van der Waals surface area contributed by atoms with Crippen molar-refractivity contribution in [3.05, 3.63) is 59.7 Å². The van der Waals surface area contributed by atoms with E-state index in [9.17, 15) is 8.42 Å². The predicted molar refractivity (Wildman–Crippen MR) is 109 cm³/mol. The molecule has 0 radical (unpaired) electrons. The Balaban J connectivity index is 1.61. The van der Waals surface area contributed by atoms with Crippen molar-refractivity contribution in [2.45, 2.75) is 30.7 Å². The van der Waals surface area contributed by atoms with Crippen molar-refractivity contribution in [3.63, 3.8) is 0 Å². The zero-order valence-electron chi connectivity index (χ0n) is 15.5. The van der Waals surface area contributed by atoms with Crippen LogP contribution < -0.4 is 10.6 Å². The van der Waals surface area contributed by atoms with Crippen LogP contribution in [0.1, 0.15) is 24.0 Å². The monoisotopic (exact) mass is 383 g/mol. The van der Waals surface area contributed by atoms with E-state index in [1.165, 1.54) is 11.8 Å². The lowest BCUT2D eigenvalue weighted by Gasteiger charge is -2.42. The molecule has 27 heavy (non-hydrogen) atoms. The van der Waals surface area contributed by atoms with Gasteiger partial charge in [0.2, 0.25) is 0 Å². The van der Waals surface area contributed by atoms with Gasteiger partial charge in [-0.15, -0.1) is 0 Å². The third kappa shape index (κ3) is 3.77. The number of hydrogen-bond acceptors (Lipinski definition) is 4. The summed E-state index contributed by atoms with van der Waals surface area (Å²) in [5, 5.41) is 7.05. The predicted octanol–water partition coefficient (Wildman–Crippen LogP) is 3.03. The summed E-state index contributed by atoms with van der Waals surface area (Å²) in [5.41, 5.74) is 3.58. The van der Waals surface area contributed by atoms with Crippen LogP contribution in [-0.2, 0) is 22.8 Å². The molecule has 0 aromatic heterocycles. The van der Waals surface area contributed by atoms with E-state index in [1.807, 2.05) is 18.2 Å². The van der Waals surface area contributed by atoms with Crippen molar-refractivity contribution >= 4 is 21.4 Å². The van der Waals surface area contributed by atoms with Gasteiger partial charge in [0.25, 0.3) is 0 Å². The number of piperidine rings is 1. The van der Waals surface area contributed by atoms with Gasteiger partial charge >= 0.3 is 0 Å². The van der Waals surface area contributed by atoms with Crippen LogP contribution in [0.3, 0.4) is 0 Å². The van der Waals surface area contributed by atoms with Crippen LogP contribution >= 0.6 is 0 Å². The van der Waals surface area contributed by atoms with Crippen LogP contribution in [0.5, 0.6) is 0 Å². The van der Waals surface area contributed by atoms with E-state index >= 15 is 0 Å². The van der Waals surface area contributed by atoms with E-state index in [1.54, 1.807) is 12.1 Å². The van der Waals surface area contributed by atoms with Gasteiger partial charge in [0.15, 0.2) is 9.84 Å². The fourth-order valence-electron chi connectivity index (χ4n) is 4.04. The Hall–Kier alpha value is -2.18. The number of nitrogens with zero attached hydrogens (tertiary/aromatic N) is 1. The molecule has 0 unspecified atom stereocenters. The first kappa shape index (κ1) is 18.2. The smallest absolute Gasteiger partial charge is 0.175 e. The Morgan fingerprint density at radius 2 is 1.74 bits per heavy atom. The number of fused-ring (bicyclic) bond motifs is 1. The van der Waals surface area contributed by atoms with Crippen LogP contribution in [-0.4, -0.2) is 33.6 Å². The van der Waals surface area contributed by atoms with Gasteiger partial charge in [0.05, 0.1) is 11.4 Å². The molecule has 2 aliphatic rings. The number of para-hydroxylation sites is 1. The van der Waals surface area contributed by atoms with Crippen molar-refractivity contribution in [2.24, 2.45) is 10.4 Å². The van der Waals surface area contributed by atoms with E-state index in [4.69, 9.17) is 4.99 Å². The number of anilines is 1. The molecule has 2 heterocycles. The lowest BCUT2D eigenvalue weighted by atomic mass is 9.71. The molecule has 142 valence electrons. The van der Waals surface area contributed by atoms with Crippen molar-refractivity contribution in [1.29, 1.82) is 0 Å². The van der Waals surface area contributed by atoms with Gasteiger partial charge in [0.1, 0.15) is 5.84 Å². The fourth-order valence-corrected chi connectivity index (χ4v) is 4.67. The second-order valence-electron chi connectivity index (χ2n) is 7.57. The van der Waals surface area contributed by atoms with Gasteiger partial charge in [0, 0.05) is 17.4 Å². The van der Waals surface area contributed by atoms with E-state index in [0.717, 1.165) is 49.4 Å². The Kier molecular flexibility index (Phi) is 4.78. The van der Waals surface area contributed by atoms with Gasteiger partial charge in [-0.2, -0.15) is 0 Å². The maximum Gasteiger partial charge on any atom is 0.175 e. The van der Waals surface area contributed by atoms with Gasteiger partial charge in [-0.25, -0.2) is 8.42 Å². The molecule has 0 saturated carbocycles. The van der Waals surface area contributed by atoms with Crippen LogP contribution in [0.4, 0.5) is 5.69 Å². The zero-order chi connectivity index (χ0) is 18.9. The first-order valence-corrected chi connectivity index (χ1v) is 11.3. The number of aliphatic imine (C=N–C) groups is 1. The van der Waals surface area contributed by atoms with Gasteiger partial charge in [-0.05, 0) is 61.7 Å². The summed E-state index contributed by atoms with van der Waals surface area (Å²) in [7, 11) is -3.17. The molecule has 2 N–H and O–H groups in total. The van der Waals surface area contributed by atoms with E-state index in [2.05, 4.69) is 28.8 Å². The molecule has 4 rings (SSSR count). The molecule has 0 atom stereocenters. The van der Waals surface area contributed by atoms with Crippen LogP contribution in [0.2, 0.25) is 0 Å². The van der Waals surface area contributed by atoms with Crippen LogP contribution in [0, 0.1) is 5.41 Å². The minimum atomic E-state index is -3.17. The molecule has 2 aliphatic heterocycles. The van der Waals surface area contributed by atoms with Crippen molar-refractivity contribution in [3.8, 4) is 0 Å².